The predicted molar refractivity (Wildman–Crippen MR) is 42.6 cm³/mol. The van der Waals surface area contributed by atoms with Crippen LogP contribution in [0.25, 0.3) is 0 Å². The monoisotopic (exact) mass is 171 g/mol. The molecule has 1 heterocycles. The van der Waals surface area contributed by atoms with Crippen LogP contribution in [-0.4, -0.2) is 35.0 Å². The van der Waals surface area contributed by atoms with E-state index in [9.17, 15) is 9.59 Å². The molecule has 12 heavy (non-hydrogen) atoms. The first-order chi connectivity index (χ1) is 5.66. The molecule has 0 spiro atoms. The number of hydrogen-bond acceptors (Lipinski definition) is 2. The molecule has 1 N–H and O–H groups in total. The van der Waals surface area contributed by atoms with E-state index in [1.807, 2.05) is 6.92 Å². The van der Waals surface area contributed by atoms with Gasteiger partial charge in [0.2, 0.25) is 5.91 Å². The van der Waals surface area contributed by atoms with Gasteiger partial charge in [-0.05, 0) is 12.8 Å². The first-order valence-corrected chi connectivity index (χ1v) is 4.18. The van der Waals surface area contributed by atoms with Crippen LogP contribution in [0.3, 0.4) is 0 Å². The Morgan fingerprint density at radius 3 is 2.83 bits per heavy atom. The number of likely N-dealkylation sites (tertiary alicyclic amines) is 1. The van der Waals surface area contributed by atoms with E-state index in [1.165, 1.54) is 0 Å². The molecule has 1 amide bonds. The van der Waals surface area contributed by atoms with Crippen molar-refractivity contribution >= 4 is 11.9 Å². The summed E-state index contributed by atoms with van der Waals surface area (Å²) < 4.78 is 0. The number of carboxylic acids is 1. The van der Waals surface area contributed by atoms with Crippen molar-refractivity contribution in [1.29, 1.82) is 0 Å². The standard InChI is InChI=1S/C8H13NO3/c1-2-4-9-5-3-6(7(9)10)8(11)12/h6H,2-5H2,1H3,(H,11,12). The van der Waals surface area contributed by atoms with Crippen molar-refractivity contribution in [2.45, 2.75) is 19.8 Å². The normalized spacial score (nSPS) is 23.2. The van der Waals surface area contributed by atoms with Gasteiger partial charge in [-0.2, -0.15) is 0 Å². The number of amides is 1. The highest BCUT2D eigenvalue weighted by Crippen LogP contribution is 2.17. The maximum absolute atomic E-state index is 11.3. The minimum Gasteiger partial charge on any atom is -0.481 e. The van der Waals surface area contributed by atoms with Gasteiger partial charge in [-0.15, -0.1) is 0 Å². The maximum Gasteiger partial charge on any atom is 0.316 e. The summed E-state index contributed by atoms with van der Waals surface area (Å²) >= 11 is 0. The van der Waals surface area contributed by atoms with Crippen molar-refractivity contribution in [3.05, 3.63) is 0 Å². The lowest BCUT2D eigenvalue weighted by Gasteiger charge is -2.13. The van der Waals surface area contributed by atoms with Gasteiger partial charge >= 0.3 is 5.97 Å². The molecule has 1 aliphatic heterocycles. The summed E-state index contributed by atoms with van der Waals surface area (Å²) in [6, 6.07) is 0. The molecule has 0 saturated carbocycles. The van der Waals surface area contributed by atoms with Gasteiger partial charge in [0.15, 0.2) is 0 Å². The molecule has 1 atom stereocenters. The van der Waals surface area contributed by atoms with E-state index < -0.39 is 11.9 Å². The number of carboxylic acid groups (broad SMARTS) is 1. The first kappa shape index (κ1) is 9.03. The molecular weight excluding hydrogens is 158 g/mol. The molecule has 4 nitrogen and oxygen atoms in total. The zero-order valence-corrected chi connectivity index (χ0v) is 7.12. The number of rotatable bonds is 3. The molecule has 1 saturated heterocycles. The fourth-order valence-corrected chi connectivity index (χ4v) is 1.46. The lowest BCUT2D eigenvalue weighted by molar-refractivity contribution is -0.147. The Morgan fingerprint density at radius 1 is 1.75 bits per heavy atom. The van der Waals surface area contributed by atoms with Gasteiger partial charge in [0.25, 0.3) is 0 Å². The van der Waals surface area contributed by atoms with Gasteiger partial charge in [-0.25, -0.2) is 0 Å². The Balaban J connectivity index is 2.55. The van der Waals surface area contributed by atoms with Crippen LogP contribution < -0.4 is 0 Å². The Kier molecular flexibility index (Phi) is 2.68. The summed E-state index contributed by atoms with van der Waals surface area (Å²) in [5, 5.41) is 8.62. The van der Waals surface area contributed by atoms with Gasteiger partial charge in [-0.1, -0.05) is 6.92 Å². The van der Waals surface area contributed by atoms with Crippen molar-refractivity contribution in [3.8, 4) is 0 Å². The van der Waals surface area contributed by atoms with Crippen LogP contribution in [0.4, 0.5) is 0 Å². The highest BCUT2D eigenvalue weighted by atomic mass is 16.4. The second-order valence-electron chi connectivity index (χ2n) is 3.00. The Bertz CT molecular complexity index is 202. The highest BCUT2D eigenvalue weighted by Gasteiger charge is 2.35. The van der Waals surface area contributed by atoms with Crippen LogP contribution in [-0.2, 0) is 9.59 Å². The van der Waals surface area contributed by atoms with Gasteiger partial charge in [0, 0.05) is 13.1 Å². The summed E-state index contributed by atoms with van der Waals surface area (Å²) in [7, 11) is 0. The summed E-state index contributed by atoms with van der Waals surface area (Å²) in [6.07, 6.45) is 1.35. The van der Waals surface area contributed by atoms with E-state index in [0.717, 1.165) is 6.42 Å². The summed E-state index contributed by atoms with van der Waals surface area (Å²) in [5.74, 6) is -1.99. The van der Waals surface area contributed by atoms with Crippen molar-refractivity contribution < 1.29 is 14.7 Å². The van der Waals surface area contributed by atoms with E-state index in [1.54, 1.807) is 4.90 Å². The van der Waals surface area contributed by atoms with E-state index in [-0.39, 0.29) is 5.91 Å². The topological polar surface area (TPSA) is 57.6 Å². The third-order valence-electron chi connectivity index (χ3n) is 2.09. The van der Waals surface area contributed by atoms with Gasteiger partial charge in [-0.3, -0.25) is 9.59 Å². The minimum absolute atomic E-state index is 0.218. The molecule has 4 heteroatoms. The number of carbonyl (C=O) groups excluding carboxylic acids is 1. The minimum atomic E-state index is -0.987. The third-order valence-corrected chi connectivity index (χ3v) is 2.09. The highest BCUT2D eigenvalue weighted by molar-refractivity contribution is 5.98. The smallest absolute Gasteiger partial charge is 0.316 e. The molecule has 1 aliphatic rings. The largest absolute Gasteiger partial charge is 0.481 e. The lowest BCUT2D eigenvalue weighted by atomic mass is 10.1. The van der Waals surface area contributed by atoms with E-state index in [0.29, 0.717) is 19.5 Å². The molecule has 1 fully saturated rings. The molecule has 0 aliphatic carbocycles. The van der Waals surface area contributed by atoms with Gasteiger partial charge in [0.05, 0.1) is 0 Å². The molecule has 0 aromatic heterocycles. The predicted octanol–water partition coefficient (Wildman–Crippen LogP) is 0.330. The van der Waals surface area contributed by atoms with Gasteiger partial charge in [0.1, 0.15) is 5.92 Å². The quantitative estimate of drug-likeness (QED) is 0.622. The SMILES string of the molecule is CCCN1CCC(C(=O)O)C1=O. The molecule has 0 aromatic rings. The van der Waals surface area contributed by atoms with Gasteiger partial charge < -0.3 is 10.0 Å². The van der Waals surface area contributed by atoms with Crippen molar-refractivity contribution in [3.63, 3.8) is 0 Å². The number of carbonyl (C=O) groups is 2. The number of nitrogens with zero attached hydrogens (tertiary/aromatic N) is 1. The Hall–Kier alpha value is -1.06. The van der Waals surface area contributed by atoms with Crippen LogP contribution in [0, 0.1) is 5.92 Å². The van der Waals surface area contributed by atoms with Crippen molar-refractivity contribution in [2.24, 2.45) is 5.92 Å². The molecule has 1 rings (SSSR count). The second kappa shape index (κ2) is 3.56. The van der Waals surface area contributed by atoms with Crippen molar-refractivity contribution in [2.75, 3.05) is 13.1 Å². The fourth-order valence-electron chi connectivity index (χ4n) is 1.46. The second-order valence-corrected chi connectivity index (χ2v) is 3.00. The fraction of sp³-hybridized carbons (Fsp3) is 0.750. The van der Waals surface area contributed by atoms with E-state index in [4.69, 9.17) is 5.11 Å². The molecule has 0 radical (unpaired) electrons. The van der Waals surface area contributed by atoms with Crippen LogP contribution in [0.15, 0.2) is 0 Å². The molecule has 1 unspecified atom stereocenters. The average molecular weight is 171 g/mol. The Labute approximate surface area is 71.2 Å². The molecule has 0 bridgehead atoms. The molecular formula is C8H13NO3. The first-order valence-electron chi connectivity index (χ1n) is 4.18. The average Bonchev–Trinajstić information content (AvgIpc) is 2.34. The van der Waals surface area contributed by atoms with E-state index >= 15 is 0 Å². The molecule has 68 valence electrons. The third kappa shape index (κ3) is 1.57. The molecule has 0 aromatic carbocycles. The van der Waals surface area contributed by atoms with Crippen LogP contribution in [0.1, 0.15) is 19.8 Å². The maximum atomic E-state index is 11.3. The summed E-state index contributed by atoms with van der Waals surface area (Å²) in [5.41, 5.74) is 0. The lowest BCUT2D eigenvalue weighted by Crippen LogP contribution is -2.30. The van der Waals surface area contributed by atoms with E-state index in [2.05, 4.69) is 0 Å². The number of hydrogen-bond donors (Lipinski definition) is 1. The zero-order valence-electron chi connectivity index (χ0n) is 7.12. The summed E-state index contributed by atoms with van der Waals surface area (Å²) in [6.45, 7) is 3.26. The zero-order chi connectivity index (χ0) is 9.14. The Morgan fingerprint density at radius 2 is 2.42 bits per heavy atom. The number of aliphatic carboxylic acids is 1. The van der Waals surface area contributed by atoms with Crippen LogP contribution in [0.2, 0.25) is 0 Å². The van der Waals surface area contributed by atoms with Crippen LogP contribution in [0.5, 0.6) is 0 Å². The van der Waals surface area contributed by atoms with Crippen LogP contribution >= 0.6 is 0 Å². The van der Waals surface area contributed by atoms with Crippen molar-refractivity contribution in [1.82, 2.24) is 4.90 Å². The summed E-state index contributed by atoms with van der Waals surface area (Å²) in [4.78, 5) is 23.4.